The van der Waals surface area contributed by atoms with Crippen molar-refractivity contribution in [3.05, 3.63) is 35.4 Å². The van der Waals surface area contributed by atoms with E-state index in [1.807, 2.05) is 0 Å². The third-order valence-corrected chi connectivity index (χ3v) is 3.32. The first-order valence-electron chi connectivity index (χ1n) is 5.04. The number of hydrogen-bond acceptors (Lipinski definition) is 1. The molecule has 0 saturated carbocycles. The number of benzene rings is 1. The average molecular weight is 246 g/mol. The molecule has 0 aromatic heterocycles. The van der Waals surface area contributed by atoms with E-state index in [1.165, 1.54) is 11.1 Å². The molecule has 1 atom stereocenters. The number of rotatable bonds is 1. The molecule has 3 heteroatoms. The number of hydrogen-bond donors (Lipinski definition) is 1. The summed E-state index contributed by atoms with van der Waals surface area (Å²) in [4.78, 5) is 0. The molecule has 0 amide bonds. The SMILES string of the molecule is CC1(C)CNC(CCl)c2ccccc21.Cl. The van der Waals surface area contributed by atoms with Crippen molar-refractivity contribution in [2.24, 2.45) is 0 Å². The number of halogens is 2. The van der Waals surface area contributed by atoms with Gasteiger partial charge in [-0.2, -0.15) is 0 Å². The minimum absolute atomic E-state index is 0. The van der Waals surface area contributed by atoms with Crippen molar-refractivity contribution in [1.29, 1.82) is 0 Å². The quantitative estimate of drug-likeness (QED) is 0.750. The predicted molar refractivity (Wildman–Crippen MR) is 68.2 cm³/mol. The molecule has 1 aromatic rings. The highest BCUT2D eigenvalue weighted by Crippen LogP contribution is 2.34. The molecule has 2 rings (SSSR count). The lowest BCUT2D eigenvalue weighted by Gasteiger charge is -2.37. The van der Waals surface area contributed by atoms with E-state index in [2.05, 4.69) is 43.4 Å². The fourth-order valence-corrected chi connectivity index (χ4v) is 2.41. The van der Waals surface area contributed by atoms with Gasteiger partial charge in [0.1, 0.15) is 0 Å². The van der Waals surface area contributed by atoms with Crippen LogP contribution in [-0.4, -0.2) is 12.4 Å². The third-order valence-electron chi connectivity index (χ3n) is 3.01. The van der Waals surface area contributed by atoms with Gasteiger partial charge >= 0.3 is 0 Å². The summed E-state index contributed by atoms with van der Waals surface area (Å²) < 4.78 is 0. The van der Waals surface area contributed by atoms with Gasteiger partial charge in [-0.05, 0) is 11.1 Å². The van der Waals surface area contributed by atoms with Gasteiger partial charge in [-0.1, -0.05) is 38.1 Å². The van der Waals surface area contributed by atoms with Gasteiger partial charge in [-0.15, -0.1) is 24.0 Å². The fourth-order valence-electron chi connectivity index (χ4n) is 2.14. The summed E-state index contributed by atoms with van der Waals surface area (Å²) in [6, 6.07) is 8.91. The normalized spacial score (nSPS) is 22.7. The first-order valence-corrected chi connectivity index (χ1v) is 5.57. The molecule has 0 fully saturated rings. The van der Waals surface area contributed by atoms with Gasteiger partial charge in [0, 0.05) is 23.9 Å². The van der Waals surface area contributed by atoms with Crippen LogP contribution >= 0.6 is 24.0 Å². The predicted octanol–water partition coefficient (Wildman–Crippen LogP) is 3.27. The van der Waals surface area contributed by atoms with Crippen LogP contribution in [0.5, 0.6) is 0 Å². The lowest BCUT2D eigenvalue weighted by atomic mass is 9.77. The third kappa shape index (κ3) is 2.30. The van der Waals surface area contributed by atoms with Crippen LogP contribution in [0.1, 0.15) is 31.0 Å². The summed E-state index contributed by atoms with van der Waals surface area (Å²) >= 11 is 5.94. The van der Waals surface area contributed by atoms with E-state index in [0.29, 0.717) is 11.9 Å². The van der Waals surface area contributed by atoms with Crippen molar-refractivity contribution in [3.63, 3.8) is 0 Å². The maximum absolute atomic E-state index is 5.94. The molecule has 15 heavy (non-hydrogen) atoms. The van der Waals surface area contributed by atoms with E-state index in [9.17, 15) is 0 Å². The van der Waals surface area contributed by atoms with Crippen molar-refractivity contribution in [1.82, 2.24) is 5.32 Å². The van der Waals surface area contributed by atoms with Crippen LogP contribution in [0.2, 0.25) is 0 Å². The summed E-state index contributed by atoms with van der Waals surface area (Å²) in [6.07, 6.45) is 0. The topological polar surface area (TPSA) is 12.0 Å². The summed E-state index contributed by atoms with van der Waals surface area (Å²) in [5.74, 6) is 0.646. The second kappa shape index (κ2) is 4.73. The molecule has 1 aliphatic rings. The van der Waals surface area contributed by atoms with E-state index in [-0.39, 0.29) is 17.8 Å². The Morgan fingerprint density at radius 3 is 2.73 bits per heavy atom. The van der Waals surface area contributed by atoms with Crippen molar-refractivity contribution >= 4 is 24.0 Å². The van der Waals surface area contributed by atoms with Gasteiger partial charge < -0.3 is 5.32 Å². The van der Waals surface area contributed by atoms with E-state index >= 15 is 0 Å². The van der Waals surface area contributed by atoms with Crippen molar-refractivity contribution < 1.29 is 0 Å². The number of alkyl halides is 1. The molecule has 84 valence electrons. The lowest BCUT2D eigenvalue weighted by molar-refractivity contribution is 0.397. The maximum atomic E-state index is 5.94. The second-order valence-corrected chi connectivity index (χ2v) is 4.87. The van der Waals surface area contributed by atoms with Crippen LogP contribution in [0.25, 0.3) is 0 Å². The summed E-state index contributed by atoms with van der Waals surface area (Å²) in [5, 5.41) is 3.48. The van der Waals surface area contributed by atoms with Crippen LogP contribution in [0, 0.1) is 0 Å². The molecule has 0 saturated heterocycles. The zero-order chi connectivity index (χ0) is 10.2. The zero-order valence-corrected chi connectivity index (χ0v) is 10.7. The molecule has 0 aliphatic carbocycles. The van der Waals surface area contributed by atoms with Gasteiger partial charge in [0.2, 0.25) is 0 Å². The molecule has 0 spiro atoms. The minimum atomic E-state index is 0. The molecule has 0 radical (unpaired) electrons. The standard InChI is InChI=1S/C12H16ClN.ClH/c1-12(2)8-14-11(7-13)9-5-3-4-6-10(9)12;/h3-6,11,14H,7-8H2,1-2H3;1H. The first kappa shape index (κ1) is 12.8. The van der Waals surface area contributed by atoms with Crippen LogP contribution in [-0.2, 0) is 5.41 Å². The Balaban J connectivity index is 0.00000112. The summed E-state index contributed by atoms with van der Waals surface area (Å²) in [5.41, 5.74) is 3.02. The van der Waals surface area contributed by atoms with E-state index < -0.39 is 0 Å². The van der Waals surface area contributed by atoms with Crippen molar-refractivity contribution in [3.8, 4) is 0 Å². The molecule has 1 aromatic carbocycles. The second-order valence-electron chi connectivity index (χ2n) is 4.56. The minimum Gasteiger partial charge on any atom is -0.308 e. The van der Waals surface area contributed by atoms with Crippen LogP contribution < -0.4 is 5.32 Å². The fraction of sp³-hybridized carbons (Fsp3) is 0.500. The van der Waals surface area contributed by atoms with Gasteiger partial charge in [-0.3, -0.25) is 0 Å². The Kier molecular flexibility index (Phi) is 4.05. The maximum Gasteiger partial charge on any atom is 0.0460 e. The Morgan fingerprint density at radius 1 is 1.40 bits per heavy atom. The molecule has 1 aliphatic heterocycles. The summed E-state index contributed by atoms with van der Waals surface area (Å²) in [7, 11) is 0. The highest BCUT2D eigenvalue weighted by Gasteiger charge is 2.31. The number of fused-ring (bicyclic) bond motifs is 1. The highest BCUT2D eigenvalue weighted by atomic mass is 35.5. The molecule has 1 unspecified atom stereocenters. The Morgan fingerprint density at radius 2 is 2.07 bits per heavy atom. The molecule has 0 bridgehead atoms. The first-order chi connectivity index (χ1) is 6.65. The van der Waals surface area contributed by atoms with Crippen LogP contribution in [0.15, 0.2) is 24.3 Å². The van der Waals surface area contributed by atoms with Gasteiger partial charge in [-0.25, -0.2) is 0 Å². The van der Waals surface area contributed by atoms with Crippen LogP contribution in [0.4, 0.5) is 0 Å². The average Bonchev–Trinajstić information content (AvgIpc) is 2.18. The van der Waals surface area contributed by atoms with Crippen molar-refractivity contribution in [2.75, 3.05) is 12.4 Å². The van der Waals surface area contributed by atoms with Gasteiger partial charge in [0.25, 0.3) is 0 Å². The molecule has 1 nitrogen and oxygen atoms in total. The van der Waals surface area contributed by atoms with Crippen LogP contribution in [0.3, 0.4) is 0 Å². The van der Waals surface area contributed by atoms with E-state index in [1.54, 1.807) is 0 Å². The largest absolute Gasteiger partial charge is 0.308 e. The van der Waals surface area contributed by atoms with E-state index in [4.69, 9.17) is 11.6 Å². The smallest absolute Gasteiger partial charge is 0.0460 e. The molecule has 1 N–H and O–H groups in total. The Labute approximate surface area is 103 Å². The Hall–Kier alpha value is -0.240. The molecule has 1 heterocycles. The highest BCUT2D eigenvalue weighted by molar-refractivity contribution is 6.18. The number of nitrogens with one attached hydrogen (secondary N) is 1. The Bertz CT molecular complexity index is 336. The van der Waals surface area contributed by atoms with Gasteiger partial charge in [0.15, 0.2) is 0 Å². The summed E-state index contributed by atoms with van der Waals surface area (Å²) in [6.45, 7) is 5.54. The van der Waals surface area contributed by atoms with Crippen molar-refractivity contribution in [2.45, 2.75) is 25.3 Å². The molecular formula is C12H17Cl2N. The molecular weight excluding hydrogens is 229 g/mol. The monoisotopic (exact) mass is 245 g/mol. The zero-order valence-electron chi connectivity index (χ0n) is 9.09. The van der Waals surface area contributed by atoms with Gasteiger partial charge in [0.05, 0.1) is 0 Å². The lowest BCUT2D eigenvalue weighted by Crippen LogP contribution is -2.42. The van der Waals surface area contributed by atoms with E-state index in [0.717, 1.165) is 6.54 Å².